The summed E-state index contributed by atoms with van der Waals surface area (Å²) in [6.07, 6.45) is 9.70. The van der Waals surface area contributed by atoms with E-state index in [1.807, 2.05) is 0 Å². The molecule has 0 heterocycles. The summed E-state index contributed by atoms with van der Waals surface area (Å²) in [6.45, 7) is 20.8. The Morgan fingerprint density at radius 3 is 1.81 bits per heavy atom. The molecule has 0 N–H and O–H groups in total. The molecule has 1 aliphatic rings. The average molecular weight is 501 g/mol. The third kappa shape index (κ3) is 5.87. The van der Waals surface area contributed by atoms with Crippen LogP contribution in [0.1, 0.15) is 66.2 Å². The summed E-state index contributed by atoms with van der Waals surface area (Å²) in [5, 5.41) is 0. The van der Waals surface area contributed by atoms with Gasteiger partial charge in [0.2, 0.25) is 0 Å². The fourth-order valence-corrected chi connectivity index (χ4v) is 37.4. The van der Waals surface area contributed by atoms with Crippen molar-refractivity contribution in [2.75, 3.05) is 6.61 Å². The van der Waals surface area contributed by atoms with Crippen LogP contribution in [0.3, 0.4) is 0 Å². The van der Waals surface area contributed by atoms with Crippen molar-refractivity contribution in [1.29, 1.82) is 0 Å². The van der Waals surface area contributed by atoms with Gasteiger partial charge in [-0.05, 0) is 0 Å². The zero-order chi connectivity index (χ0) is 20.7. The van der Waals surface area contributed by atoms with Crippen molar-refractivity contribution in [3.8, 4) is 0 Å². The van der Waals surface area contributed by atoms with Crippen molar-refractivity contribution in [1.82, 2.24) is 0 Å². The minimum atomic E-state index is -2.47. The van der Waals surface area contributed by atoms with Crippen molar-refractivity contribution >= 4 is 32.4 Å². The first-order valence-electron chi connectivity index (χ1n) is 11.4. The first-order valence-corrected chi connectivity index (χ1v) is 22.7. The second-order valence-corrected chi connectivity index (χ2v) is 29.4. The molecular formula is C23H46O2SiSn. The van der Waals surface area contributed by atoms with Gasteiger partial charge in [0.15, 0.2) is 0 Å². The number of rotatable bonds is 14. The van der Waals surface area contributed by atoms with E-state index in [9.17, 15) is 4.79 Å². The van der Waals surface area contributed by atoms with Gasteiger partial charge in [0, 0.05) is 0 Å². The fraction of sp³-hybridized carbons (Fsp3) is 0.870. The molecule has 3 atom stereocenters. The van der Waals surface area contributed by atoms with E-state index in [-0.39, 0.29) is 11.4 Å². The number of carbonyl (C=O) groups excluding carboxylic acids is 1. The van der Waals surface area contributed by atoms with E-state index < -0.39 is 26.5 Å². The van der Waals surface area contributed by atoms with Gasteiger partial charge < -0.3 is 0 Å². The van der Waals surface area contributed by atoms with Crippen LogP contribution in [0.15, 0.2) is 12.7 Å². The quantitative estimate of drug-likeness (QED) is 0.139. The van der Waals surface area contributed by atoms with Gasteiger partial charge in [0.1, 0.15) is 0 Å². The number of carbonyl (C=O) groups is 1. The molecule has 0 spiro atoms. The van der Waals surface area contributed by atoms with E-state index in [0.717, 1.165) is 0 Å². The van der Waals surface area contributed by atoms with Crippen LogP contribution in [0.25, 0.3) is 0 Å². The SMILES string of the molecule is C=CCOC(=O)C1(C)C([Si](C)(C)C)[CH]1[Sn]([CH2]CCC)([CH2]CCC)[CH2]CCC. The Balaban J connectivity index is 3.31. The van der Waals surface area contributed by atoms with Crippen LogP contribution in [0, 0.1) is 5.41 Å². The molecule has 1 saturated carbocycles. The Hall–Kier alpha value is 0.226. The molecule has 1 rings (SSSR count). The van der Waals surface area contributed by atoms with Crippen molar-refractivity contribution in [3.63, 3.8) is 0 Å². The molecule has 27 heavy (non-hydrogen) atoms. The zero-order valence-electron chi connectivity index (χ0n) is 19.3. The molecule has 158 valence electrons. The van der Waals surface area contributed by atoms with Crippen molar-refractivity contribution in [2.24, 2.45) is 5.41 Å². The molecule has 0 saturated heterocycles. The summed E-state index contributed by atoms with van der Waals surface area (Å²) in [6, 6.07) is 0. The summed E-state index contributed by atoms with van der Waals surface area (Å²) < 4.78 is 10.9. The third-order valence-electron chi connectivity index (χ3n) is 6.97. The Kier molecular flexibility index (Phi) is 10.1. The van der Waals surface area contributed by atoms with Gasteiger partial charge in [-0.25, -0.2) is 0 Å². The molecular weight excluding hydrogens is 455 g/mol. The van der Waals surface area contributed by atoms with Crippen LogP contribution >= 0.6 is 0 Å². The van der Waals surface area contributed by atoms with Gasteiger partial charge in [-0.1, -0.05) is 0 Å². The summed E-state index contributed by atoms with van der Waals surface area (Å²) in [5.41, 5.74) is 0.433. The van der Waals surface area contributed by atoms with E-state index in [4.69, 9.17) is 4.74 Å². The van der Waals surface area contributed by atoms with E-state index in [2.05, 4.69) is 53.9 Å². The van der Waals surface area contributed by atoms with Gasteiger partial charge in [-0.3, -0.25) is 0 Å². The number of hydrogen-bond acceptors (Lipinski definition) is 2. The predicted octanol–water partition coefficient (Wildman–Crippen LogP) is 7.66. The first-order chi connectivity index (χ1) is 12.7. The van der Waals surface area contributed by atoms with Gasteiger partial charge >= 0.3 is 175 Å². The molecule has 0 bridgehead atoms. The van der Waals surface area contributed by atoms with Crippen molar-refractivity contribution in [3.05, 3.63) is 12.7 Å². The van der Waals surface area contributed by atoms with Gasteiger partial charge in [0.25, 0.3) is 0 Å². The standard InChI is InChI=1S/C11H19O2Si.3C4H9.Sn/c1-6-7-13-10(12)11(2)8-9(11)14(3,4)5;3*1-3-4-2;/h6,8-9H,1,7H2,2-5H3;3*1,3-4H2,2H3;. The Bertz CT molecular complexity index is 463. The first kappa shape index (κ1) is 25.3. The molecule has 0 aromatic heterocycles. The number of ether oxygens (including phenoxy) is 1. The van der Waals surface area contributed by atoms with E-state index in [0.29, 0.717) is 16.1 Å². The molecule has 0 aromatic carbocycles. The molecule has 0 aliphatic heterocycles. The van der Waals surface area contributed by atoms with Gasteiger partial charge in [-0.15, -0.1) is 0 Å². The summed E-state index contributed by atoms with van der Waals surface area (Å²) in [5.74, 6) is 0.0883. The van der Waals surface area contributed by atoms with Crippen molar-refractivity contribution < 1.29 is 9.53 Å². The summed E-state index contributed by atoms with van der Waals surface area (Å²) in [4.78, 5) is 13.2. The van der Waals surface area contributed by atoms with Crippen LogP contribution in [-0.2, 0) is 9.53 Å². The Morgan fingerprint density at radius 1 is 1.04 bits per heavy atom. The van der Waals surface area contributed by atoms with E-state index in [1.54, 1.807) is 6.08 Å². The number of esters is 1. The molecule has 0 radical (unpaired) electrons. The third-order valence-corrected chi connectivity index (χ3v) is 28.7. The van der Waals surface area contributed by atoms with Crippen LogP contribution in [0.2, 0.25) is 42.4 Å². The Labute approximate surface area is 174 Å². The number of unbranched alkanes of at least 4 members (excludes halogenated alkanes) is 3. The average Bonchev–Trinajstić information content (AvgIpc) is 3.28. The molecule has 3 unspecified atom stereocenters. The maximum atomic E-state index is 13.2. The second kappa shape index (κ2) is 10.8. The fourth-order valence-electron chi connectivity index (χ4n) is 5.87. The summed E-state index contributed by atoms with van der Waals surface area (Å²) in [7, 11) is -1.43. The second-order valence-electron chi connectivity index (χ2n) is 10.2. The molecule has 1 aliphatic carbocycles. The molecule has 4 heteroatoms. The maximum absolute atomic E-state index is 13.2. The monoisotopic (exact) mass is 502 g/mol. The van der Waals surface area contributed by atoms with Crippen molar-refractivity contribution in [2.45, 2.75) is 109 Å². The topological polar surface area (TPSA) is 26.3 Å². The minimum absolute atomic E-state index is 0.0883. The van der Waals surface area contributed by atoms with Gasteiger partial charge in [-0.2, -0.15) is 0 Å². The molecule has 0 amide bonds. The Morgan fingerprint density at radius 2 is 1.48 bits per heavy atom. The molecule has 1 fully saturated rings. The zero-order valence-corrected chi connectivity index (χ0v) is 23.2. The summed E-state index contributed by atoms with van der Waals surface area (Å²) >= 11 is -2.47. The number of hydrogen-bond donors (Lipinski definition) is 0. The van der Waals surface area contributed by atoms with Crippen LogP contribution in [0.4, 0.5) is 0 Å². The van der Waals surface area contributed by atoms with Crippen LogP contribution < -0.4 is 0 Å². The van der Waals surface area contributed by atoms with Crippen LogP contribution in [0.5, 0.6) is 0 Å². The van der Waals surface area contributed by atoms with Gasteiger partial charge in [0.05, 0.1) is 0 Å². The normalized spacial score (nSPS) is 25.3. The predicted molar refractivity (Wildman–Crippen MR) is 125 cm³/mol. The van der Waals surface area contributed by atoms with Crippen LogP contribution in [-0.4, -0.2) is 39.0 Å². The molecule has 0 aromatic rings. The van der Waals surface area contributed by atoms with E-state index in [1.165, 1.54) is 51.8 Å². The molecule has 2 nitrogen and oxygen atoms in total. The van der Waals surface area contributed by atoms with E-state index >= 15 is 0 Å².